The molecule has 1 amide bonds. The molecule has 2 aliphatic heterocycles. The SMILES string of the molecule is CN1CC[C@]2(C)c3ccc(NC(=O)OC4CCCCC4)cc3N(C)[C@H]12. The number of hydrogen-bond donors (Lipinski definition) is 1. The molecule has 5 heteroatoms. The van der Waals surface area contributed by atoms with Crippen molar-refractivity contribution in [3.63, 3.8) is 0 Å². The zero-order chi connectivity index (χ0) is 17.6. The number of hydrogen-bond acceptors (Lipinski definition) is 4. The van der Waals surface area contributed by atoms with Crippen LogP contribution in [0.15, 0.2) is 18.2 Å². The van der Waals surface area contributed by atoms with E-state index in [0.29, 0.717) is 6.17 Å². The third-order valence-electron chi connectivity index (χ3n) is 6.40. The van der Waals surface area contributed by atoms with Gasteiger partial charge in [0.25, 0.3) is 0 Å². The molecule has 1 N–H and O–H groups in total. The first-order valence-electron chi connectivity index (χ1n) is 9.54. The number of carbonyl (C=O) groups excluding carboxylic acids is 1. The van der Waals surface area contributed by atoms with Crippen molar-refractivity contribution in [2.75, 3.05) is 30.9 Å². The minimum absolute atomic E-state index is 0.0813. The Morgan fingerprint density at radius 1 is 1.24 bits per heavy atom. The highest BCUT2D eigenvalue weighted by Gasteiger charge is 2.52. The zero-order valence-corrected chi connectivity index (χ0v) is 15.5. The molecule has 0 radical (unpaired) electrons. The predicted octanol–water partition coefficient (Wildman–Crippen LogP) is 3.94. The van der Waals surface area contributed by atoms with Crippen LogP contribution in [0.2, 0.25) is 0 Å². The van der Waals surface area contributed by atoms with Crippen molar-refractivity contribution < 1.29 is 9.53 Å². The third kappa shape index (κ3) is 2.78. The molecular weight excluding hydrogens is 314 g/mol. The van der Waals surface area contributed by atoms with Crippen LogP contribution in [-0.2, 0) is 10.2 Å². The van der Waals surface area contributed by atoms with Gasteiger partial charge in [0, 0.05) is 30.4 Å². The molecule has 2 atom stereocenters. The Hall–Kier alpha value is -1.75. The number of anilines is 2. The highest BCUT2D eigenvalue weighted by atomic mass is 16.6. The first-order valence-corrected chi connectivity index (χ1v) is 9.54. The number of nitrogens with zero attached hydrogens (tertiary/aromatic N) is 2. The summed E-state index contributed by atoms with van der Waals surface area (Å²) in [5.41, 5.74) is 3.59. The lowest BCUT2D eigenvalue weighted by Crippen LogP contribution is -2.45. The normalized spacial score (nSPS) is 29.4. The molecule has 4 rings (SSSR count). The second-order valence-electron chi connectivity index (χ2n) is 8.15. The van der Waals surface area contributed by atoms with Crippen LogP contribution < -0.4 is 10.2 Å². The molecule has 1 aromatic rings. The number of carbonyl (C=O) groups is 1. The van der Waals surface area contributed by atoms with Gasteiger partial charge in [0.15, 0.2) is 0 Å². The molecule has 0 aromatic heterocycles. The van der Waals surface area contributed by atoms with Gasteiger partial charge in [0.05, 0.1) is 6.17 Å². The molecule has 2 heterocycles. The Morgan fingerprint density at radius 3 is 2.76 bits per heavy atom. The first-order chi connectivity index (χ1) is 12.0. The number of fused-ring (bicyclic) bond motifs is 3. The molecule has 1 saturated carbocycles. The number of nitrogens with one attached hydrogen (secondary N) is 1. The van der Waals surface area contributed by atoms with Crippen molar-refractivity contribution >= 4 is 17.5 Å². The van der Waals surface area contributed by atoms with E-state index >= 15 is 0 Å². The summed E-state index contributed by atoms with van der Waals surface area (Å²) in [7, 11) is 4.35. The van der Waals surface area contributed by atoms with Gasteiger partial charge in [-0.1, -0.05) is 19.4 Å². The average Bonchev–Trinajstić information content (AvgIpc) is 3.01. The summed E-state index contributed by atoms with van der Waals surface area (Å²) < 4.78 is 5.58. The van der Waals surface area contributed by atoms with Crippen LogP contribution in [0.3, 0.4) is 0 Å². The van der Waals surface area contributed by atoms with E-state index in [9.17, 15) is 4.79 Å². The van der Waals surface area contributed by atoms with E-state index in [2.05, 4.69) is 48.3 Å². The lowest BCUT2D eigenvalue weighted by molar-refractivity contribution is 0.0865. The zero-order valence-electron chi connectivity index (χ0n) is 15.5. The minimum Gasteiger partial charge on any atom is -0.446 e. The Balaban J connectivity index is 1.49. The highest BCUT2D eigenvalue weighted by Crippen LogP contribution is 2.51. The molecule has 25 heavy (non-hydrogen) atoms. The molecule has 0 bridgehead atoms. The van der Waals surface area contributed by atoms with Crippen LogP contribution in [0.5, 0.6) is 0 Å². The first kappa shape index (κ1) is 16.7. The smallest absolute Gasteiger partial charge is 0.411 e. The summed E-state index contributed by atoms with van der Waals surface area (Å²) >= 11 is 0. The largest absolute Gasteiger partial charge is 0.446 e. The number of likely N-dealkylation sites (tertiary alicyclic amines) is 1. The van der Waals surface area contributed by atoms with E-state index in [1.165, 1.54) is 24.1 Å². The summed E-state index contributed by atoms with van der Waals surface area (Å²) in [6.45, 7) is 3.48. The topological polar surface area (TPSA) is 44.8 Å². The standard InChI is InChI=1S/C20H29N3O2/c1-20-11-12-22(2)18(20)23(3)17-13-14(9-10-16(17)20)21-19(24)25-15-7-5-4-6-8-15/h9-10,13,15,18H,4-8,11-12H2,1-3H3,(H,21,24)/t18-,20+/m0/s1. The second-order valence-corrected chi connectivity index (χ2v) is 8.15. The van der Waals surface area contributed by atoms with Gasteiger partial charge in [-0.15, -0.1) is 0 Å². The number of amides is 1. The molecule has 1 aromatic carbocycles. The van der Waals surface area contributed by atoms with Crippen LogP contribution >= 0.6 is 0 Å². The summed E-state index contributed by atoms with van der Waals surface area (Å²) in [4.78, 5) is 17.0. The molecule has 3 aliphatic rings. The Labute approximate surface area is 150 Å². The van der Waals surface area contributed by atoms with E-state index in [1.807, 2.05) is 6.07 Å². The van der Waals surface area contributed by atoms with Crippen LogP contribution in [0.1, 0.15) is 51.0 Å². The summed E-state index contributed by atoms with van der Waals surface area (Å²) in [5, 5.41) is 2.93. The molecule has 0 unspecified atom stereocenters. The monoisotopic (exact) mass is 343 g/mol. The van der Waals surface area contributed by atoms with Crippen molar-refractivity contribution in [3.8, 4) is 0 Å². The van der Waals surface area contributed by atoms with Crippen LogP contribution in [0, 0.1) is 0 Å². The van der Waals surface area contributed by atoms with Gasteiger partial charge in [0.1, 0.15) is 6.10 Å². The molecular formula is C20H29N3O2. The molecule has 136 valence electrons. The van der Waals surface area contributed by atoms with Gasteiger partial charge in [-0.25, -0.2) is 4.79 Å². The number of benzene rings is 1. The predicted molar refractivity (Wildman–Crippen MR) is 100 cm³/mol. The number of rotatable bonds is 2. The number of ether oxygens (including phenoxy) is 1. The summed E-state index contributed by atoms with van der Waals surface area (Å²) in [6.07, 6.45) is 6.89. The van der Waals surface area contributed by atoms with Gasteiger partial charge in [-0.3, -0.25) is 10.2 Å². The van der Waals surface area contributed by atoms with Crippen LogP contribution in [0.25, 0.3) is 0 Å². The molecule has 0 spiro atoms. The van der Waals surface area contributed by atoms with Crippen molar-refractivity contribution in [1.29, 1.82) is 0 Å². The van der Waals surface area contributed by atoms with E-state index < -0.39 is 0 Å². The van der Waals surface area contributed by atoms with Crippen molar-refractivity contribution in [1.82, 2.24) is 4.90 Å². The van der Waals surface area contributed by atoms with Gasteiger partial charge in [0.2, 0.25) is 0 Å². The average molecular weight is 343 g/mol. The highest BCUT2D eigenvalue weighted by molar-refractivity contribution is 5.86. The van der Waals surface area contributed by atoms with Gasteiger partial charge in [-0.2, -0.15) is 0 Å². The second kappa shape index (κ2) is 6.20. The van der Waals surface area contributed by atoms with Crippen molar-refractivity contribution in [2.24, 2.45) is 0 Å². The molecule has 2 fully saturated rings. The molecule has 1 saturated heterocycles. The van der Waals surface area contributed by atoms with E-state index in [0.717, 1.165) is 37.9 Å². The van der Waals surface area contributed by atoms with Crippen molar-refractivity contribution in [3.05, 3.63) is 23.8 Å². The van der Waals surface area contributed by atoms with E-state index in [1.54, 1.807) is 0 Å². The van der Waals surface area contributed by atoms with Crippen LogP contribution in [0.4, 0.5) is 16.2 Å². The Morgan fingerprint density at radius 2 is 2.00 bits per heavy atom. The fourth-order valence-electron chi connectivity index (χ4n) is 5.14. The summed E-state index contributed by atoms with van der Waals surface area (Å²) in [6, 6.07) is 6.29. The van der Waals surface area contributed by atoms with Gasteiger partial charge < -0.3 is 9.64 Å². The van der Waals surface area contributed by atoms with Crippen molar-refractivity contribution in [2.45, 2.75) is 63.1 Å². The fourth-order valence-corrected chi connectivity index (χ4v) is 5.14. The fraction of sp³-hybridized carbons (Fsp3) is 0.650. The maximum absolute atomic E-state index is 12.2. The van der Waals surface area contributed by atoms with E-state index in [4.69, 9.17) is 4.74 Å². The molecule has 1 aliphatic carbocycles. The van der Waals surface area contributed by atoms with E-state index in [-0.39, 0.29) is 17.6 Å². The maximum atomic E-state index is 12.2. The Bertz CT molecular complexity index is 671. The minimum atomic E-state index is -0.323. The maximum Gasteiger partial charge on any atom is 0.411 e. The number of likely N-dealkylation sites (N-methyl/N-ethyl adjacent to an activating group) is 2. The molecule has 5 nitrogen and oxygen atoms in total. The quantitative estimate of drug-likeness (QED) is 0.883. The van der Waals surface area contributed by atoms with Gasteiger partial charge in [-0.05, 0) is 56.8 Å². The Kier molecular flexibility index (Phi) is 4.14. The lowest BCUT2D eigenvalue weighted by Gasteiger charge is -2.32. The van der Waals surface area contributed by atoms with Gasteiger partial charge >= 0.3 is 6.09 Å². The van der Waals surface area contributed by atoms with Crippen LogP contribution in [-0.4, -0.2) is 43.9 Å². The summed E-state index contributed by atoms with van der Waals surface area (Å²) in [5.74, 6) is 0. The third-order valence-corrected chi connectivity index (χ3v) is 6.40. The lowest BCUT2D eigenvalue weighted by atomic mass is 9.81.